The highest BCUT2D eigenvalue weighted by Crippen LogP contribution is 2.30. The quantitative estimate of drug-likeness (QED) is 0.841. The number of anilines is 1. The number of benzene rings is 1. The van der Waals surface area contributed by atoms with Gasteiger partial charge in [0.05, 0.1) is 5.56 Å². The molecule has 2 atom stereocenters. The van der Waals surface area contributed by atoms with E-state index in [1.54, 1.807) is 6.07 Å². The molecule has 1 aromatic carbocycles. The highest BCUT2D eigenvalue weighted by molar-refractivity contribution is 5.89. The Morgan fingerprint density at radius 1 is 1.40 bits per heavy atom. The number of carbonyl (C=O) groups is 1. The van der Waals surface area contributed by atoms with Crippen LogP contribution in [0.15, 0.2) is 18.2 Å². The molecule has 0 aromatic heterocycles. The van der Waals surface area contributed by atoms with Gasteiger partial charge in [-0.05, 0) is 55.4 Å². The summed E-state index contributed by atoms with van der Waals surface area (Å²) in [5.41, 5.74) is 2.22. The maximum absolute atomic E-state index is 11.0. The summed E-state index contributed by atoms with van der Waals surface area (Å²) >= 11 is 0. The van der Waals surface area contributed by atoms with Gasteiger partial charge in [0.25, 0.3) is 0 Å². The first-order valence-corrected chi connectivity index (χ1v) is 7.64. The van der Waals surface area contributed by atoms with Crippen molar-refractivity contribution in [2.45, 2.75) is 46.0 Å². The molecule has 0 heterocycles. The van der Waals surface area contributed by atoms with Gasteiger partial charge in [-0.25, -0.2) is 4.79 Å². The van der Waals surface area contributed by atoms with Crippen LogP contribution in [0.1, 0.15) is 54.9 Å². The Hall–Kier alpha value is -1.51. The molecule has 1 aromatic rings. The van der Waals surface area contributed by atoms with Crippen molar-refractivity contribution in [3.8, 4) is 0 Å². The number of rotatable bonds is 5. The van der Waals surface area contributed by atoms with Crippen LogP contribution in [-0.4, -0.2) is 17.6 Å². The topological polar surface area (TPSA) is 49.3 Å². The predicted octanol–water partition coefficient (Wildman–Crippen LogP) is 4.32. The van der Waals surface area contributed by atoms with Crippen LogP contribution in [0.4, 0.5) is 5.69 Å². The number of carboxylic acids is 1. The van der Waals surface area contributed by atoms with Crippen LogP contribution in [0.25, 0.3) is 0 Å². The van der Waals surface area contributed by atoms with Gasteiger partial charge in [-0.15, -0.1) is 0 Å². The van der Waals surface area contributed by atoms with Crippen LogP contribution in [0.3, 0.4) is 0 Å². The van der Waals surface area contributed by atoms with Crippen molar-refractivity contribution >= 4 is 11.7 Å². The molecule has 2 N–H and O–H groups in total. The summed E-state index contributed by atoms with van der Waals surface area (Å²) in [5, 5.41) is 12.4. The highest BCUT2D eigenvalue weighted by Gasteiger charge is 2.18. The summed E-state index contributed by atoms with van der Waals surface area (Å²) in [6.07, 6.45) is 6.70. The van der Waals surface area contributed by atoms with Crippen LogP contribution < -0.4 is 5.32 Å². The summed E-state index contributed by atoms with van der Waals surface area (Å²) in [6, 6.07) is 5.47. The van der Waals surface area contributed by atoms with E-state index in [1.165, 1.54) is 32.1 Å². The van der Waals surface area contributed by atoms with E-state index in [1.807, 2.05) is 19.1 Å². The van der Waals surface area contributed by atoms with Gasteiger partial charge in [0.2, 0.25) is 0 Å². The van der Waals surface area contributed by atoms with E-state index < -0.39 is 5.97 Å². The van der Waals surface area contributed by atoms with Crippen LogP contribution >= 0.6 is 0 Å². The average molecular weight is 275 g/mol. The van der Waals surface area contributed by atoms with Gasteiger partial charge in [-0.1, -0.05) is 26.2 Å². The second-order valence-electron chi connectivity index (χ2n) is 6.19. The number of aryl methyl sites for hydroxylation is 1. The molecule has 1 aliphatic carbocycles. The minimum Gasteiger partial charge on any atom is -0.478 e. The van der Waals surface area contributed by atoms with E-state index in [0.29, 0.717) is 5.56 Å². The molecule has 0 saturated heterocycles. The van der Waals surface area contributed by atoms with Crippen molar-refractivity contribution in [1.29, 1.82) is 0 Å². The minimum atomic E-state index is -0.856. The van der Waals surface area contributed by atoms with Gasteiger partial charge in [0, 0.05) is 12.2 Å². The first-order chi connectivity index (χ1) is 9.56. The fourth-order valence-electron chi connectivity index (χ4n) is 3.26. The Bertz CT molecular complexity index is 470. The summed E-state index contributed by atoms with van der Waals surface area (Å²) in [7, 11) is 0. The molecule has 0 amide bonds. The molecule has 2 unspecified atom stereocenters. The summed E-state index contributed by atoms with van der Waals surface area (Å²) in [5.74, 6) is 0.877. The second kappa shape index (κ2) is 6.78. The SMILES string of the molecule is Cc1cc(NCCC2CCCC(C)C2)ccc1C(=O)O. The molecule has 110 valence electrons. The van der Waals surface area contributed by atoms with E-state index in [2.05, 4.69) is 12.2 Å². The molecule has 1 fully saturated rings. The fourth-order valence-corrected chi connectivity index (χ4v) is 3.26. The number of nitrogens with one attached hydrogen (secondary N) is 1. The Morgan fingerprint density at radius 2 is 2.20 bits per heavy atom. The van der Waals surface area contributed by atoms with E-state index in [9.17, 15) is 4.79 Å². The maximum Gasteiger partial charge on any atom is 0.335 e. The molecule has 0 aliphatic heterocycles. The van der Waals surface area contributed by atoms with E-state index in [0.717, 1.165) is 29.6 Å². The zero-order valence-corrected chi connectivity index (χ0v) is 12.5. The molecule has 0 bridgehead atoms. The Labute approximate surface area is 121 Å². The largest absolute Gasteiger partial charge is 0.478 e. The van der Waals surface area contributed by atoms with Crippen LogP contribution in [-0.2, 0) is 0 Å². The molecule has 3 nitrogen and oxygen atoms in total. The average Bonchev–Trinajstić information content (AvgIpc) is 2.38. The first-order valence-electron chi connectivity index (χ1n) is 7.64. The van der Waals surface area contributed by atoms with Gasteiger partial charge < -0.3 is 10.4 Å². The molecule has 1 aliphatic rings. The fraction of sp³-hybridized carbons (Fsp3) is 0.588. The molecule has 2 rings (SSSR count). The number of hydrogen-bond donors (Lipinski definition) is 2. The number of carboxylic acid groups (broad SMARTS) is 1. The zero-order valence-electron chi connectivity index (χ0n) is 12.5. The lowest BCUT2D eigenvalue weighted by molar-refractivity contribution is 0.0696. The van der Waals surface area contributed by atoms with Crippen molar-refractivity contribution in [3.05, 3.63) is 29.3 Å². The Kier molecular flexibility index (Phi) is 5.05. The van der Waals surface area contributed by atoms with Crippen LogP contribution in [0.5, 0.6) is 0 Å². The van der Waals surface area contributed by atoms with Crippen molar-refractivity contribution in [3.63, 3.8) is 0 Å². The molecule has 3 heteroatoms. The summed E-state index contributed by atoms with van der Waals surface area (Å²) < 4.78 is 0. The monoisotopic (exact) mass is 275 g/mol. The Morgan fingerprint density at radius 3 is 2.85 bits per heavy atom. The van der Waals surface area contributed by atoms with Gasteiger partial charge in [-0.2, -0.15) is 0 Å². The first kappa shape index (κ1) is 14.9. The third-order valence-electron chi connectivity index (χ3n) is 4.38. The number of aromatic carboxylic acids is 1. The highest BCUT2D eigenvalue weighted by atomic mass is 16.4. The maximum atomic E-state index is 11.0. The third kappa shape index (κ3) is 3.99. The van der Waals surface area contributed by atoms with Crippen molar-refractivity contribution < 1.29 is 9.90 Å². The van der Waals surface area contributed by atoms with Crippen LogP contribution in [0, 0.1) is 18.8 Å². The second-order valence-corrected chi connectivity index (χ2v) is 6.19. The molecule has 0 radical (unpaired) electrons. The molecular formula is C17H25NO2. The number of hydrogen-bond acceptors (Lipinski definition) is 2. The molecular weight excluding hydrogens is 250 g/mol. The van der Waals surface area contributed by atoms with Crippen molar-refractivity contribution in [2.24, 2.45) is 11.8 Å². The summed E-state index contributed by atoms with van der Waals surface area (Å²) in [4.78, 5) is 11.0. The van der Waals surface area contributed by atoms with Crippen LogP contribution in [0.2, 0.25) is 0 Å². The lowest BCUT2D eigenvalue weighted by atomic mass is 9.81. The normalized spacial score (nSPS) is 22.5. The molecule has 20 heavy (non-hydrogen) atoms. The zero-order chi connectivity index (χ0) is 14.5. The minimum absolute atomic E-state index is 0.386. The third-order valence-corrected chi connectivity index (χ3v) is 4.38. The summed E-state index contributed by atoms with van der Waals surface area (Å²) in [6.45, 7) is 5.17. The van der Waals surface area contributed by atoms with Gasteiger partial charge in [0.1, 0.15) is 0 Å². The van der Waals surface area contributed by atoms with Crippen molar-refractivity contribution in [1.82, 2.24) is 0 Å². The van der Waals surface area contributed by atoms with E-state index >= 15 is 0 Å². The molecule has 1 saturated carbocycles. The standard InChI is InChI=1S/C17H25NO2/c1-12-4-3-5-14(10-12)8-9-18-15-6-7-16(17(19)20)13(2)11-15/h6-7,11-12,14,18H,3-5,8-10H2,1-2H3,(H,19,20). The van der Waals surface area contributed by atoms with Gasteiger partial charge in [0.15, 0.2) is 0 Å². The lowest BCUT2D eigenvalue weighted by Crippen LogP contribution is -2.16. The smallest absolute Gasteiger partial charge is 0.335 e. The van der Waals surface area contributed by atoms with E-state index in [-0.39, 0.29) is 0 Å². The Balaban J connectivity index is 1.82. The molecule has 0 spiro atoms. The van der Waals surface area contributed by atoms with Gasteiger partial charge >= 0.3 is 5.97 Å². The lowest BCUT2D eigenvalue weighted by Gasteiger charge is -2.26. The van der Waals surface area contributed by atoms with Gasteiger partial charge in [-0.3, -0.25) is 0 Å². The predicted molar refractivity (Wildman–Crippen MR) is 82.4 cm³/mol. The van der Waals surface area contributed by atoms with E-state index in [4.69, 9.17) is 5.11 Å². The van der Waals surface area contributed by atoms with Crippen molar-refractivity contribution in [2.75, 3.05) is 11.9 Å².